The molecule has 4 nitrogen and oxygen atoms in total. The minimum atomic E-state index is -0.0700. The molecule has 0 aliphatic heterocycles. The second-order valence-corrected chi connectivity index (χ2v) is 9.45. The Morgan fingerprint density at radius 2 is 1.71 bits per heavy atom. The highest BCUT2D eigenvalue weighted by Crippen LogP contribution is 2.55. The summed E-state index contributed by atoms with van der Waals surface area (Å²) in [5.41, 5.74) is 2.45. The summed E-state index contributed by atoms with van der Waals surface area (Å²) in [5, 5.41) is 3.37. The van der Waals surface area contributed by atoms with E-state index in [4.69, 9.17) is 9.15 Å². The first-order chi connectivity index (χ1) is 13.5. The average molecular weight is 380 g/mol. The zero-order valence-electron chi connectivity index (χ0n) is 16.8. The lowest BCUT2D eigenvalue weighted by atomic mass is 9.53. The van der Waals surface area contributed by atoms with Gasteiger partial charge in [-0.05, 0) is 106 Å². The van der Waals surface area contributed by atoms with Crippen molar-refractivity contribution in [2.24, 2.45) is 17.8 Å². The maximum atomic E-state index is 12.9. The van der Waals surface area contributed by atoms with Crippen LogP contribution >= 0.6 is 0 Å². The molecule has 1 amide bonds. The van der Waals surface area contributed by atoms with Crippen molar-refractivity contribution in [3.8, 4) is 5.75 Å². The van der Waals surface area contributed by atoms with Gasteiger partial charge in [-0.1, -0.05) is 6.07 Å². The van der Waals surface area contributed by atoms with Crippen LogP contribution in [0.2, 0.25) is 0 Å². The monoisotopic (exact) mass is 379 g/mol. The number of hydrogen-bond donors (Lipinski definition) is 1. The fraction of sp³-hybridized carbons (Fsp3) is 0.542. The number of furan rings is 1. The van der Waals surface area contributed by atoms with Crippen LogP contribution in [0.4, 0.5) is 0 Å². The highest BCUT2D eigenvalue weighted by molar-refractivity contribution is 5.92. The van der Waals surface area contributed by atoms with E-state index in [-0.39, 0.29) is 11.4 Å². The summed E-state index contributed by atoms with van der Waals surface area (Å²) >= 11 is 0. The minimum absolute atomic E-state index is 0.00864. The minimum Gasteiger partial charge on any atom is -0.486 e. The van der Waals surface area contributed by atoms with Gasteiger partial charge in [-0.3, -0.25) is 4.79 Å². The lowest BCUT2D eigenvalue weighted by molar-refractivity contribution is -0.0171. The van der Waals surface area contributed by atoms with Crippen LogP contribution in [0.5, 0.6) is 5.75 Å². The van der Waals surface area contributed by atoms with Gasteiger partial charge in [0.1, 0.15) is 18.1 Å². The van der Waals surface area contributed by atoms with Crippen LogP contribution in [0.25, 0.3) is 0 Å². The zero-order valence-corrected chi connectivity index (χ0v) is 16.8. The van der Waals surface area contributed by atoms with Crippen molar-refractivity contribution in [1.29, 1.82) is 0 Å². The Labute approximate surface area is 166 Å². The van der Waals surface area contributed by atoms with Gasteiger partial charge < -0.3 is 14.5 Å². The van der Waals surface area contributed by atoms with Gasteiger partial charge in [0, 0.05) is 5.54 Å². The molecule has 0 saturated heterocycles. The molecule has 4 bridgehead atoms. The molecule has 148 valence electrons. The van der Waals surface area contributed by atoms with Crippen molar-refractivity contribution in [3.63, 3.8) is 0 Å². The molecule has 1 N–H and O–H groups in total. The number of benzene rings is 1. The van der Waals surface area contributed by atoms with E-state index in [0.717, 1.165) is 42.8 Å². The van der Waals surface area contributed by atoms with Crippen molar-refractivity contribution in [1.82, 2.24) is 5.32 Å². The van der Waals surface area contributed by atoms with Crippen molar-refractivity contribution < 1.29 is 13.9 Å². The van der Waals surface area contributed by atoms with E-state index in [1.807, 2.05) is 18.2 Å². The van der Waals surface area contributed by atoms with E-state index in [0.29, 0.717) is 18.1 Å². The highest BCUT2D eigenvalue weighted by atomic mass is 16.5. The fourth-order valence-electron chi connectivity index (χ4n) is 6.10. The molecular formula is C24H29NO3. The number of ether oxygens (including phenoxy) is 1. The fourth-order valence-corrected chi connectivity index (χ4v) is 6.10. The first-order valence-corrected chi connectivity index (χ1v) is 10.6. The molecule has 2 aromatic rings. The van der Waals surface area contributed by atoms with Gasteiger partial charge in [-0.25, -0.2) is 0 Å². The van der Waals surface area contributed by atoms with Crippen molar-refractivity contribution in [2.45, 2.75) is 64.5 Å². The first kappa shape index (κ1) is 17.8. The molecule has 0 atom stereocenters. The Balaban J connectivity index is 1.22. The summed E-state index contributed by atoms with van der Waals surface area (Å²) in [5.74, 6) is 4.25. The number of hydrogen-bond acceptors (Lipinski definition) is 3. The van der Waals surface area contributed by atoms with Gasteiger partial charge in [0.15, 0.2) is 5.76 Å². The largest absolute Gasteiger partial charge is 0.486 e. The third-order valence-corrected chi connectivity index (χ3v) is 7.16. The average Bonchev–Trinajstić information content (AvgIpc) is 3.10. The van der Waals surface area contributed by atoms with E-state index in [9.17, 15) is 4.79 Å². The van der Waals surface area contributed by atoms with Crippen LogP contribution in [0.3, 0.4) is 0 Å². The number of nitrogens with one attached hydrogen (secondary N) is 1. The molecule has 4 fully saturated rings. The number of amides is 1. The van der Waals surface area contributed by atoms with E-state index in [1.165, 1.54) is 30.4 Å². The van der Waals surface area contributed by atoms with Crippen LogP contribution in [0, 0.1) is 31.6 Å². The molecule has 1 aromatic heterocycles. The maximum absolute atomic E-state index is 12.9. The second kappa shape index (κ2) is 6.68. The zero-order chi connectivity index (χ0) is 19.3. The molecule has 4 aliphatic rings. The Morgan fingerprint density at radius 3 is 2.36 bits per heavy atom. The number of aryl methyl sites for hydroxylation is 2. The molecule has 4 heteroatoms. The Hall–Kier alpha value is -2.23. The molecule has 6 rings (SSSR count). The van der Waals surface area contributed by atoms with Crippen LogP contribution in [-0.4, -0.2) is 11.4 Å². The number of rotatable bonds is 5. The third-order valence-electron chi connectivity index (χ3n) is 7.16. The Morgan fingerprint density at radius 1 is 1.04 bits per heavy atom. The Kier molecular flexibility index (Phi) is 4.26. The Bertz CT molecular complexity index is 862. The summed E-state index contributed by atoms with van der Waals surface area (Å²) in [7, 11) is 0. The predicted octanol–water partition coefficient (Wildman–Crippen LogP) is 5.17. The van der Waals surface area contributed by atoms with Crippen LogP contribution in [-0.2, 0) is 6.61 Å². The topological polar surface area (TPSA) is 51.5 Å². The molecular weight excluding hydrogens is 350 g/mol. The molecule has 1 aromatic carbocycles. The smallest absolute Gasteiger partial charge is 0.287 e. The molecule has 0 unspecified atom stereocenters. The van der Waals surface area contributed by atoms with Gasteiger partial charge >= 0.3 is 0 Å². The van der Waals surface area contributed by atoms with E-state index in [1.54, 1.807) is 6.07 Å². The predicted molar refractivity (Wildman–Crippen MR) is 107 cm³/mol. The van der Waals surface area contributed by atoms with E-state index < -0.39 is 0 Å². The molecule has 4 saturated carbocycles. The maximum Gasteiger partial charge on any atom is 0.287 e. The molecule has 4 aliphatic carbocycles. The van der Waals surface area contributed by atoms with Crippen LogP contribution in [0.1, 0.15) is 66.0 Å². The van der Waals surface area contributed by atoms with Gasteiger partial charge in [-0.15, -0.1) is 0 Å². The summed E-state index contributed by atoms with van der Waals surface area (Å²) in [4.78, 5) is 12.9. The van der Waals surface area contributed by atoms with Crippen LogP contribution in [0.15, 0.2) is 34.7 Å². The van der Waals surface area contributed by atoms with Gasteiger partial charge in [0.25, 0.3) is 5.91 Å². The van der Waals surface area contributed by atoms with Crippen molar-refractivity contribution >= 4 is 5.91 Å². The molecule has 0 spiro atoms. The molecule has 28 heavy (non-hydrogen) atoms. The molecule has 0 radical (unpaired) electrons. The van der Waals surface area contributed by atoms with Crippen molar-refractivity contribution in [2.75, 3.05) is 0 Å². The van der Waals surface area contributed by atoms with E-state index in [2.05, 4.69) is 25.2 Å². The second-order valence-electron chi connectivity index (χ2n) is 9.45. The normalized spacial score (nSPS) is 30.4. The summed E-state index contributed by atoms with van der Waals surface area (Å²) < 4.78 is 11.6. The van der Waals surface area contributed by atoms with Gasteiger partial charge in [0.2, 0.25) is 0 Å². The van der Waals surface area contributed by atoms with Crippen molar-refractivity contribution in [3.05, 3.63) is 53.0 Å². The summed E-state index contributed by atoms with van der Waals surface area (Å²) in [6, 6.07) is 9.66. The standard InChI is InChI=1S/C24H29NO3/c1-15-3-4-20(7-16(15)2)27-14-21-5-6-22(28-21)23(26)25-24-11-17-8-18(12-24)10-19(9-17)13-24/h3-7,17-19H,8-14H2,1-2H3,(H,25,26). The number of carbonyl (C=O) groups excluding carboxylic acids is 1. The highest BCUT2D eigenvalue weighted by Gasteiger charge is 2.51. The summed E-state index contributed by atoms with van der Waals surface area (Å²) in [6.45, 7) is 4.48. The third kappa shape index (κ3) is 3.34. The molecule has 1 heterocycles. The summed E-state index contributed by atoms with van der Waals surface area (Å²) in [6.07, 6.45) is 7.55. The first-order valence-electron chi connectivity index (χ1n) is 10.6. The lowest BCUT2D eigenvalue weighted by Crippen LogP contribution is -2.59. The quantitative estimate of drug-likeness (QED) is 0.779. The number of carbonyl (C=O) groups is 1. The van der Waals surface area contributed by atoms with Gasteiger partial charge in [-0.2, -0.15) is 0 Å². The van der Waals surface area contributed by atoms with Gasteiger partial charge in [0.05, 0.1) is 0 Å². The SMILES string of the molecule is Cc1ccc(OCc2ccc(C(=O)NC34CC5CC(CC(C5)C3)C4)o2)cc1C. The van der Waals surface area contributed by atoms with Crippen LogP contribution < -0.4 is 10.1 Å². The van der Waals surface area contributed by atoms with E-state index >= 15 is 0 Å². The lowest BCUT2D eigenvalue weighted by Gasteiger charge is -2.56.